The van der Waals surface area contributed by atoms with Crippen molar-refractivity contribution in [3.05, 3.63) is 41.7 Å². The Balaban J connectivity index is 2.13. The van der Waals surface area contributed by atoms with Crippen LogP contribution in [0.1, 0.15) is 34.9 Å². The van der Waals surface area contributed by atoms with Crippen LogP contribution < -0.4 is 10.6 Å². The largest absolute Gasteiger partial charge is 0.366 e. The summed E-state index contributed by atoms with van der Waals surface area (Å²) in [6, 6.07) is 6.50. The molecule has 3 rings (SSSR count). The predicted molar refractivity (Wildman–Crippen MR) is 104 cm³/mol. The summed E-state index contributed by atoms with van der Waals surface area (Å²) >= 11 is 0. The third-order valence-corrected chi connectivity index (χ3v) is 5.92. The molecule has 2 heterocycles. The minimum atomic E-state index is -3.35. The number of hydrogen-bond acceptors (Lipinski definition) is 6. The van der Waals surface area contributed by atoms with E-state index in [0.717, 1.165) is 17.5 Å². The lowest BCUT2D eigenvalue weighted by molar-refractivity contribution is 0.100. The average Bonchev–Trinajstić information content (AvgIpc) is 3.11. The number of nitrogens with two attached hydrogens (primary N) is 1. The van der Waals surface area contributed by atoms with Gasteiger partial charge in [0.05, 0.1) is 18.0 Å². The molecule has 1 atom stereocenters. The normalized spacial score (nSPS) is 17.8. The molecular weight excluding hydrogens is 366 g/mol. The molecule has 1 aromatic heterocycles. The highest BCUT2D eigenvalue weighted by Gasteiger charge is 2.35. The summed E-state index contributed by atoms with van der Waals surface area (Å²) < 4.78 is 25.9. The Morgan fingerprint density at radius 3 is 2.48 bits per heavy atom. The number of amides is 1. The zero-order chi connectivity index (χ0) is 19.8. The van der Waals surface area contributed by atoms with Gasteiger partial charge in [0.1, 0.15) is 0 Å². The molecule has 1 saturated heterocycles. The summed E-state index contributed by atoms with van der Waals surface area (Å²) in [5.74, 6) is 0.0166. The number of rotatable bonds is 5. The van der Waals surface area contributed by atoms with E-state index in [0.29, 0.717) is 30.2 Å². The van der Waals surface area contributed by atoms with Crippen LogP contribution in [0.25, 0.3) is 11.1 Å². The molecule has 9 heteroatoms. The first kappa shape index (κ1) is 19.2. The molecule has 1 fully saturated rings. The quantitative estimate of drug-likeness (QED) is 0.828. The molecule has 0 spiro atoms. The van der Waals surface area contributed by atoms with Gasteiger partial charge in [-0.1, -0.05) is 12.1 Å². The fourth-order valence-electron chi connectivity index (χ4n) is 3.30. The molecule has 1 aliphatic rings. The third-order valence-electron chi connectivity index (χ3n) is 4.63. The van der Waals surface area contributed by atoms with Crippen LogP contribution in [0.3, 0.4) is 0 Å². The Bertz CT molecular complexity index is 957. The van der Waals surface area contributed by atoms with Crippen molar-refractivity contribution < 1.29 is 13.2 Å². The monoisotopic (exact) mass is 389 g/mol. The summed E-state index contributed by atoms with van der Waals surface area (Å²) in [6.45, 7) is 0.477. The average molecular weight is 389 g/mol. The highest BCUT2D eigenvalue weighted by atomic mass is 32.2. The number of nitrogens with zero attached hydrogens (tertiary/aromatic N) is 4. The molecule has 8 nitrogen and oxygen atoms in total. The van der Waals surface area contributed by atoms with Gasteiger partial charge < -0.3 is 10.6 Å². The van der Waals surface area contributed by atoms with Gasteiger partial charge in [-0.3, -0.25) is 4.79 Å². The summed E-state index contributed by atoms with van der Waals surface area (Å²) in [4.78, 5) is 22.2. The molecule has 27 heavy (non-hydrogen) atoms. The first-order valence-electron chi connectivity index (χ1n) is 8.60. The smallest absolute Gasteiger partial charge is 0.248 e. The number of benzene rings is 1. The van der Waals surface area contributed by atoms with Crippen LogP contribution >= 0.6 is 0 Å². The molecule has 0 bridgehead atoms. The lowest BCUT2D eigenvalue weighted by Gasteiger charge is -2.24. The zero-order valence-corrected chi connectivity index (χ0v) is 16.4. The maximum atomic E-state index is 12.2. The predicted octanol–water partition coefficient (Wildman–Crippen LogP) is 1.41. The van der Waals surface area contributed by atoms with Gasteiger partial charge in [0.2, 0.25) is 21.9 Å². The summed E-state index contributed by atoms with van der Waals surface area (Å²) in [5.41, 5.74) is 7.94. The minimum absolute atomic E-state index is 0.340. The first-order chi connectivity index (χ1) is 12.7. The van der Waals surface area contributed by atoms with E-state index in [1.165, 1.54) is 10.6 Å². The Morgan fingerprint density at radius 1 is 1.26 bits per heavy atom. The van der Waals surface area contributed by atoms with Crippen LogP contribution in [0.4, 0.5) is 5.95 Å². The van der Waals surface area contributed by atoms with Gasteiger partial charge in [-0.15, -0.1) is 0 Å². The molecule has 2 N–H and O–H groups in total. The second-order valence-electron chi connectivity index (χ2n) is 6.84. The number of carbonyl (C=O) groups is 1. The number of anilines is 1. The van der Waals surface area contributed by atoms with Gasteiger partial charge in [0, 0.05) is 38.0 Å². The first-order valence-corrected chi connectivity index (χ1v) is 10.4. The maximum Gasteiger partial charge on any atom is 0.248 e. The zero-order valence-electron chi connectivity index (χ0n) is 15.6. The van der Waals surface area contributed by atoms with E-state index < -0.39 is 15.9 Å². The lowest BCUT2D eigenvalue weighted by Crippen LogP contribution is -2.30. The Kier molecular flexibility index (Phi) is 5.16. The highest BCUT2D eigenvalue weighted by molar-refractivity contribution is 7.88. The third kappa shape index (κ3) is 3.93. The van der Waals surface area contributed by atoms with Gasteiger partial charge in [-0.25, -0.2) is 18.4 Å². The van der Waals surface area contributed by atoms with Crippen LogP contribution in [0.15, 0.2) is 30.5 Å². The van der Waals surface area contributed by atoms with Crippen LogP contribution in [-0.2, 0) is 10.0 Å². The summed E-state index contributed by atoms with van der Waals surface area (Å²) in [5, 5.41) is 0. The van der Waals surface area contributed by atoms with E-state index >= 15 is 0 Å². The van der Waals surface area contributed by atoms with Crippen molar-refractivity contribution in [1.29, 1.82) is 0 Å². The number of carbonyl (C=O) groups excluding carboxylic acids is 1. The summed E-state index contributed by atoms with van der Waals surface area (Å²) in [7, 11) is 0.322. The molecule has 1 aliphatic heterocycles. The molecular formula is C18H23N5O3S. The van der Waals surface area contributed by atoms with Gasteiger partial charge in [-0.2, -0.15) is 4.31 Å². The van der Waals surface area contributed by atoms with Crippen molar-refractivity contribution in [2.24, 2.45) is 5.73 Å². The van der Waals surface area contributed by atoms with Crippen molar-refractivity contribution in [3.63, 3.8) is 0 Å². The standard InChI is InChI=1S/C18H23N5O3S/c1-22(2)18-20-11-14(12-6-8-13(9-7-12)17(19)24)16(21-18)15-5-4-10-23(15)27(3,25)26/h6-9,11,15H,4-5,10H2,1-3H3,(H2,19,24)/t15-/m0/s1. The van der Waals surface area contributed by atoms with Gasteiger partial charge in [-0.05, 0) is 30.5 Å². The van der Waals surface area contributed by atoms with Crippen LogP contribution in [0.2, 0.25) is 0 Å². The van der Waals surface area contributed by atoms with E-state index in [2.05, 4.69) is 9.97 Å². The van der Waals surface area contributed by atoms with Crippen LogP contribution in [-0.4, -0.2) is 55.5 Å². The van der Waals surface area contributed by atoms with Gasteiger partial charge in [0.25, 0.3) is 0 Å². The maximum absolute atomic E-state index is 12.2. The number of hydrogen-bond donors (Lipinski definition) is 1. The molecule has 0 aliphatic carbocycles. The van der Waals surface area contributed by atoms with Crippen molar-refractivity contribution in [1.82, 2.24) is 14.3 Å². The van der Waals surface area contributed by atoms with E-state index in [1.54, 1.807) is 35.4 Å². The molecule has 1 amide bonds. The Labute approximate surface area is 159 Å². The second-order valence-corrected chi connectivity index (χ2v) is 8.77. The number of sulfonamides is 1. The highest BCUT2D eigenvalue weighted by Crippen LogP contribution is 2.38. The molecule has 1 aromatic carbocycles. The number of aromatic nitrogens is 2. The second kappa shape index (κ2) is 7.24. The van der Waals surface area contributed by atoms with E-state index in [9.17, 15) is 13.2 Å². The van der Waals surface area contributed by atoms with E-state index in [4.69, 9.17) is 5.73 Å². The lowest BCUT2D eigenvalue weighted by atomic mass is 9.99. The molecule has 0 saturated carbocycles. The fraction of sp³-hybridized carbons (Fsp3) is 0.389. The summed E-state index contributed by atoms with van der Waals surface area (Å²) in [6.07, 6.45) is 4.40. The molecule has 0 unspecified atom stereocenters. The van der Waals surface area contributed by atoms with Crippen molar-refractivity contribution >= 4 is 21.9 Å². The molecule has 0 radical (unpaired) electrons. The topological polar surface area (TPSA) is 109 Å². The van der Waals surface area contributed by atoms with Crippen molar-refractivity contribution in [2.45, 2.75) is 18.9 Å². The SMILES string of the molecule is CN(C)c1ncc(-c2ccc(C(N)=O)cc2)c([C@@H]2CCCN2S(C)(=O)=O)n1. The van der Waals surface area contributed by atoms with Crippen LogP contribution in [0.5, 0.6) is 0 Å². The van der Waals surface area contributed by atoms with E-state index in [-0.39, 0.29) is 6.04 Å². The van der Waals surface area contributed by atoms with Crippen molar-refractivity contribution in [2.75, 3.05) is 31.8 Å². The fourth-order valence-corrected chi connectivity index (χ4v) is 4.43. The minimum Gasteiger partial charge on any atom is -0.366 e. The van der Waals surface area contributed by atoms with Gasteiger partial charge in [0.15, 0.2) is 0 Å². The van der Waals surface area contributed by atoms with Crippen LogP contribution in [0, 0.1) is 0 Å². The molecule has 144 valence electrons. The van der Waals surface area contributed by atoms with E-state index in [1.807, 2.05) is 14.1 Å². The van der Waals surface area contributed by atoms with Gasteiger partial charge >= 0.3 is 0 Å². The Morgan fingerprint density at radius 2 is 1.93 bits per heavy atom. The van der Waals surface area contributed by atoms with Crippen molar-refractivity contribution in [3.8, 4) is 11.1 Å². The Hall–Kier alpha value is -2.52. The number of primary amides is 1. The molecule has 2 aromatic rings.